The maximum atomic E-state index is 12.5. The molecule has 3 aromatic rings. The summed E-state index contributed by atoms with van der Waals surface area (Å²) in [7, 11) is 0. The van der Waals surface area contributed by atoms with Crippen molar-refractivity contribution < 1.29 is 9.59 Å². The summed E-state index contributed by atoms with van der Waals surface area (Å²) >= 11 is 0. The molecule has 6 nitrogen and oxygen atoms in total. The predicted molar refractivity (Wildman–Crippen MR) is 100 cm³/mol. The fourth-order valence-corrected chi connectivity index (χ4v) is 2.82. The summed E-state index contributed by atoms with van der Waals surface area (Å²) in [5.41, 5.74) is 1.98. The third-order valence-electron chi connectivity index (χ3n) is 4.11. The van der Waals surface area contributed by atoms with Crippen LogP contribution >= 0.6 is 0 Å². The van der Waals surface area contributed by atoms with Crippen molar-refractivity contribution in [1.82, 2.24) is 9.55 Å². The van der Waals surface area contributed by atoms with E-state index in [4.69, 9.17) is 0 Å². The number of amides is 1. The van der Waals surface area contributed by atoms with Gasteiger partial charge in [-0.1, -0.05) is 24.3 Å². The number of carbonyl (C=O) groups excluding carboxylic acids is 2. The maximum Gasteiger partial charge on any atom is 0.261 e. The van der Waals surface area contributed by atoms with Crippen LogP contribution < -0.4 is 10.5 Å². The Morgan fingerprint density at radius 1 is 1.12 bits per heavy atom. The quantitative estimate of drug-likeness (QED) is 0.709. The van der Waals surface area contributed by atoms with Crippen molar-refractivity contribution in [2.45, 2.75) is 20.4 Å². The summed E-state index contributed by atoms with van der Waals surface area (Å²) in [4.78, 5) is 42.6. The van der Waals surface area contributed by atoms with Gasteiger partial charge in [-0.2, -0.15) is 0 Å². The molecule has 0 radical (unpaired) electrons. The standard InChI is InChI=1S/C20H19N3O3/c1-14-6-5-7-16(10-14)23(15(2)24)12-17(25)11-22-13-21-19-9-4-3-8-18(19)20(22)26/h3-10,13H,11-12H2,1-2H3. The number of ketones is 1. The SMILES string of the molecule is CC(=O)N(CC(=O)Cn1cnc2ccccc2c1=O)c1cccc(C)c1. The maximum absolute atomic E-state index is 12.5. The molecule has 0 saturated heterocycles. The number of aryl methyl sites for hydroxylation is 1. The smallest absolute Gasteiger partial charge is 0.261 e. The second kappa shape index (κ2) is 7.31. The zero-order valence-electron chi connectivity index (χ0n) is 14.7. The Balaban J connectivity index is 1.82. The van der Waals surface area contributed by atoms with Gasteiger partial charge in [0.05, 0.1) is 30.3 Å². The highest BCUT2D eigenvalue weighted by Gasteiger charge is 2.17. The van der Waals surface area contributed by atoms with Crippen LogP contribution in [0.25, 0.3) is 10.9 Å². The van der Waals surface area contributed by atoms with Crippen LogP contribution in [-0.2, 0) is 16.1 Å². The van der Waals surface area contributed by atoms with Crippen molar-refractivity contribution in [3.05, 3.63) is 70.8 Å². The fraction of sp³-hybridized carbons (Fsp3) is 0.200. The number of nitrogens with zero attached hydrogens (tertiary/aromatic N) is 3. The first-order valence-electron chi connectivity index (χ1n) is 8.26. The van der Waals surface area contributed by atoms with Crippen LogP contribution in [0.15, 0.2) is 59.7 Å². The summed E-state index contributed by atoms with van der Waals surface area (Å²) in [6, 6.07) is 14.4. The number of hydrogen-bond acceptors (Lipinski definition) is 4. The number of aromatic nitrogens is 2. The largest absolute Gasteiger partial charge is 0.305 e. The molecule has 0 fully saturated rings. The van der Waals surface area contributed by atoms with E-state index in [1.54, 1.807) is 30.3 Å². The summed E-state index contributed by atoms with van der Waals surface area (Å²) in [6.07, 6.45) is 1.37. The van der Waals surface area contributed by atoms with Gasteiger partial charge >= 0.3 is 0 Å². The number of fused-ring (bicyclic) bond motifs is 1. The van der Waals surface area contributed by atoms with E-state index >= 15 is 0 Å². The Morgan fingerprint density at radius 3 is 2.62 bits per heavy atom. The van der Waals surface area contributed by atoms with E-state index < -0.39 is 0 Å². The highest BCUT2D eigenvalue weighted by Crippen LogP contribution is 2.16. The minimum atomic E-state index is -0.270. The van der Waals surface area contributed by atoms with Crippen molar-refractivity contribution in [3.8, 4) is 0 Å². The molecule has 0 bridgehead atoms. The molecule has 0 unspecified atom stereocenters. The van der Waals surface area contributed by atoms with Crippen LogP contribution in [-0.4, -0.2) is 27.8 Å². The lowest BCUT2D eigenvalue weighted by Gasteiger charge is -2.21. The van der Waals surface area contributed by atoms with Gasteiger partial charge in [0.2, 0.25) is 5.91 Å². The molecule has 0 saturated carbocycles. The average molecular weight is 349 g/mol. The fourth-order valence-electron chi connectivity index (χ4n) is 2.82. The monoisotopic (exact) mass is 349 g/mol. The molecule has 0 aliphatic heterocycles. The highest BCUT2D eigenvalue weighted by molar-refractivity contribution is 5.98. The van der Waals surface area contributed by atoms with Gasteiger partial charge in [0.15, 0.2) is 5.78 Å². The Morgan fingerprint density at radius 2 is 1.88 bits per heavy atom. The van der Waals surface area contributed by atoms with Gasteiger partial charge in [-0.25, -0.2) is 4.98 Å². The third kappa shape index (κ3) is 3.69. The lowest BCUT2D eigenvalue weighted by molar-refractivity contribution is -0.122. The van der Waals surface area contributed by atoms with E-state index in [0.29, 0.717) is 16.6 Å². The van der Waals surface area contributed by atoms with Gasteiger partial charge in [-0.05, 0) is 36.8 Å². The van der Waals surface area contributed by atoms with Gasteiger partial charge in [0, 0.05) is 12.6 Å². The van der Waals surface area contributed by atoms with Crippen LogP contribution in [0.4, 0.5) is 5.69 Å². The predicted octanol–water partition coefficient (Wildman–Crippen LogP) is 2.33. The lowest BCUT2D eigenvalue weighted by atomic mass is 10.2. The van der Waals surface area contributed by atoms with Crippen molar-refractivity contribution in [3.63, 3.8) is 0 Å². The molecule has 2 aromatic carbocycles. The molecule has 1 amide bonds. The topological polar surface area (TPSA) is 72.3 Å². The van der Waals surface area contributed by atoms with Gasteiger partial charge in [0.1, 0.15) is 0 Å². The molecule has 6 heteroatoms. The van der Waals surface area contributed by atoms with Gasteiger partial charge < -0.3 is 4.90 Å². The molecule has 132 valence electrons. The molecular formula is C20H19N3O3. The third-order valence-corrected chi connectivity index (χ3v) is 4.11. The van der Waals surface area contributed by atoms with Crippen LogP contribution in [0, 0.1) is 6.92 Å². The minimum Gasteiger partial charge on any atom is -0.305 e. The molecule has 1 aromatic heterocycles. The molecular weight excluding hydrogens is 330 g/mol. The van der Waals surface area contributed by atoms with E-state index in [-0.39, 0.29) is 30.3 Å². The molecule has 1 heterocycles. The average Bonchev–Trinajstić information content (AvgIpc) is 2.62. The Bertz CT molecular complexity index is 1040. The van der Waals surface area contributed by atoms with Crippen LogP contribution in [0.1, 0.15) is 12.5 Å². The van der Waals surface area contributed by atoms with Crippen LogP contribution in [0.5, 0.6) is 0 Å². The van der Waals surface area contributed by atoms with E-state index in [2.05, 4.69) is 4.98 Å². The summed E-state index contributed by atoms with van der Waals surface area (Å²) < 4.78 is 1.28. The van der Waals surface area contributed by atoms with Crippen molar-refractivity contribution in [1.29, 1.82) is 0 Å². The number of carbonyl (C=O) groups is 2. The van der Waals surface area contributed by atoms with E-state index in [9.17, 15) is 14.4 Å². The van der Waals surface area contributed by atoms with Gasteiger partial charge in [-0.3, -0.25) is 19.0 Å². The molecule has 0 aliphatic rings. The van der Waals surface area contributed by atoms with Crippen LogP contribution in [0.2, 0.25) is 0 Å². The number of Topliss-reactive ketones (excluding diaryl/α,β-unsaturated/α-hetero) is 1. The molecule has 26 heavy (non-hydrogen) atoms. The van der Waals surface area contributed by atoms with Gasteiger partial charge in [0.25, 0.3) is 5.56 Å². The first-order chi connectivity index (χ1) is 12.5. The zero-order valence-corrected chi connectivity index (χ0v) is 14.7. The van der Waals surface area contributed by atoms with Crippen molar-refractivity contribution >= 4 is 28.3 Å². The van der Waals surface area contributed by atoms with Crippen LogP contribution in [0.3, 0.4) is 0 Å². The number of hydrogen-bond donors (Lipinski definition) is 0. The van der Waals surface area contributed by atoms with E-state index in [1.807, 2.05) is 25.1 Å². The normalized spacial score (nSPS) is 10.7. The second-order valence-corrected chi connectivity index (χ2v) is 6.18. The summed E-state index contributed by atoms with van der Waals surface area (Å²) in [5.74, 6) is -0.478. The van der Waals surface area contributed by atoms with Crippen molar-refractivity contribution in [2.24, 2.45) is 0 Å². The van der Waals surface area contributed by atoms with Gasteiger partial charge in [-0.15, -0.1) is 0 Å². The zero-order chi connectivity index (χ0) is 18.7. The lowest BCUT2D eigenvalue weighted by Crippen LogP contribution is -2.37. The summed E-state index contributed by atoms with van der Waals surface area (Å²) in [5, 5.41) is 0.463. The highest BCUT2D eigenvalue weighted by atomic mass is 16.2. The Kier molecular flexibility index (Phi) is 4.93. The first kappa shape index (κ1) is 17.5. The van der Waals surface area contributed by atoms with E-state index in [0.717, 1.165) is 5.56 Å². The Hall–Kier alpha value is -3.28. The number of rotatable bonds is 5. The molecule has 0 spiro atoms. The van der Waals surface area contributed by atoms with E-state index in [1.165, 1.54) is 22.7 Å². The molecule has 0 N–H and O–H groups in total. The molecule has 3 rings (SSSR count). The first-order valence-corrected chi connectivity index (χ1v) is 8.26. The summed E-state index contributed by atoms with van der Waals surface area (Å²) in [6.45, 7) is 3.10. The van der Waals surface area contributed by atoms with Crippen molar-refractivity contribution in [2.75, 3.05) is 11.4 Å². The minimum absolute atomic E-state index is 0.0992. The number of anilines is 1. The Labute approximate surface area is 150 Å². The number of benzene rings is 2. The molecule has 0 aliphatic carbocycles. The number of para-hydroxylation sites is 1. The second-order valence-electron chi connectivity index (χ2n) is 6.18. The molecule has 0 atom stereocenters.